The number of ether oxygens (including phenoxy) is 1. The number of morpholine rings is 1. The fraction of sp³-hybridized carbons (Fsp3) is 0.500. The molecule has 7 heteroatoms. The van der Waals surface area contributed by atoms with Crippen LogP contribution in [-0.2, 0) is 4.74 Å². The number of rotatable bonds is 3. The second-order valence-corrected chi connectivity index (χ2v) is 10.1. The molecule has 0 radical (unpaired) electrons. The van der Waals surface area contributed by atoms with Crippen LogP contribution in [-0.4, -0.2) is 71.1 Å². The Hall–Kier alpha value is -2.22. The molecule has 2 saturated heterocycles. The third-order valence-corrected chi connectivity index (χ3v) is 7.55. The van der Waals surface area contributed by atoms with Gasteiger partial charge in [0.25, 0.3) is 5.91 Å². The molecule has 0 aliphatic carbocycles. The van der Waals surface area contributed by atoms with Gasteiger partial charge in [0.1, 0.15) is 0 Å². The molecule has 2 fully saturated rings. The van der Waals surface area contributed by atoms with Crippen molar-refractivity contribution in [3.8, 4) is 11.3 Å². The molecular formula is C24H30N4O2S. The van der Waals surface area contributed by atoms with Crippen molar-refractivity contribution < 1.29 is 9.53 Å². The first-order valence-electron chi connectivity index (χ1n) is 11.1. The number of nitrogens with zero attached hydrogens (tertiary/aromatic N) is 3. The molecule has 0 saturated carbocycles. The molecule has 1 N–H and O–H groups in total. The quantitative estimate of drug-likeness (QED) is 0.666. The summed E-state index contributed by atoms with van der Waals surface area (Å²) in [5.74, 6) is 0.494. The van der Waals surface area contributed by atoms with Crippen LogP contribution in [0.5, 0.6) is 0 Å². The highest BCUT2D eigenvalue weighted by Gasteiger charge is 2.33. The molecule has 1 atom stereocenters. The third kappa shape index (κ3) is 3.79. The standard InChI is InChI=1S/C24H30N4O2S/c1-14(2)21-22(17-9-15(3)25-16(4)10-17)26-19-11-20(31-23(19)21)24(29)28-6-5-27-7-8-30-13-18(27)12-28/h9-11,14,18,26H,5-8,12-13H2,1-4H3/t18-/m0/s1. The molecule has 3 aromatic heterocycles. The number of thiophene rings is 1. The van der Waals surface area contributed by atoms with Gasteiger partial charge in [-0.05, 0) is 43.5 Å². The number of hydrogen-bond donors (Lipinski definition) is 1. The van der Waals surface area contributed by atoms with Gasteiger partial charge >= 0.3 is 0 Å². The average Bonchev–Trinajstić information content (AvgIpc) is 3.30. The van der Waals surface area contributed by atoms with Crippen LogP contribution >= 0.6 is 11.3 Å². The van der Waals surface area contributed by atoms with Gasteiger partial charge in [-0.1, -0.05) is 13.8 Å². The first-order chi connectivity index (χ1) is 14.9. The summed E-state index contributed by atoms with van der Waals surface area (Å²) < 4.78 is 6.83. The van der Waals surface area contributed by atoms with Gasteiger partial charge in [0.2, 0.25) is 0 Å². The van der Waals surface area contributed by atoms with E-state index < -0.39 is 0 Å². The van der Waals surface area contributed by atoms with Crippen molar-refractivity contribution in [2.24, 2.45) is 0 Å². The highest BCUT2D eigenvalue weighted by Crippen LogP contribution is 2.40. The van der Waals surface area contributed by atoms with Crippen molar-refractivity contribution >= 4 is 27.5 Å². The van der Waals surface area contributed by atoms with Crippen LogP contribution in [0, 0.1) is 13.8 Å². The van der Waals surface area contributed by atoms with Gasteiger partial charge in [-0.2, -0.15) is 0 Å². The molecule has 31 heavy (non-hydrogen) atoms. The molecule has 1 amide bonds. The Morgan fingerprint density at radius 2 is 1.97 bits per heavy atom. The number of piperazine rings is 1. The maximum Gasteiger partial charge on any atom is 0.264 e. The summed E-state index contributed by atoms with van der Waals surface area (Å²) in [4.78, 5) is 26.7. The summed E-state index contributed by atoms with van der Waals surface area (Å²) in [7, 11) is 0. The number of pyridine rings is 1. The van der Waals surface area contributed by atoms with E-state index in [4.69, 9.17) is 4.74 Å². The fourth-order valence-corrected chi connectivity index (χ4v) is 6.23. The van der Waals surface area contributed by atoms with E-state index in [9.17, 15) is 4.79 Å². The average molecular weight is 439 g/mol. The highest BCUT2D eigenvalue weighted by atomic mass is 32.1. The summed E-state index contributed by atoms with van der Waals surface area (Å²) in [6.45, 7) is 13.5. The predicted octanol–water partition coefficient (Wildman–Crippen LogP) is 4.19. The van der Waals surface area contributed by atoms with E-state index >= 15 is 0 Å². The number of H-pyrrole nitrogens is 1. The number of aromatic nitrogens is 2. The maximum absolute atomic E-state index is 13.3. The van der Waals surface area contributed by atoms with E-state index in [1.54, 1.807) is 11.3 Å². The molecule has 2 aliphatic heterocycles. The van der Waals surface area contributed by atoms with Gasteiger partial charge in [0.05, 0.1) is 40.0 Å². The minimum Gasteiger partial charge on any atom is -0.378 e. The Labute approximate surface area is 187 Å². The number of aromatic amines is 1. The van der Waals surface area contributed by atoms with Gasteiger partial charge in [0.15, 0.2) is 0 Å². The zero-order valence-corrected chi connectivity index (χ0v) is 19.5. The molecule has 6 nitrogen and oxygen atoms in total. The molecule has 2 aliphatic rings. The zero-order chi connectivity index (χ0) is 21.7. The lowest BCUT2D eigenvalue weighted by atomic mass is 9.99. The predicted molar refractivity (Wildman–Crippen MR) is 125 cm³/mol. The highest BCUT2D eigenvalue weighted by molar-refractivity contribution is 7.21. The monoisotopic (exact) mass is 438 g/mol. The lowest BCUT2D eigenvalue weighted by Gasteiger charge is -2.43. The normalized spacial score (nSPS) is 19.9. The largest absolute Gasteiger partial charge is 0.378 e. The van der Waals surface area contributed by atoms with Crippen LogP contribution in [0.4, 0.5) is 0 Å². The van der Waals surface area contributed by atoms with E-state index in [-0.39, 0.29) is 5.91 Å². The second-order valence-electron chi connectivity index (χ2n) is 9.08. The maximum atomic E-state index is 13.3. The van der Waals surface area contributed by atoms with Crippen molar-refractivity contribution in [3.05, 3.63) is 40.0 Å². The van der Waals surface area contributed by atoms with Gasteiger partial charge in [-0.15, -0.1) is 11.3 Å². The van der Waals surface area contributed by atoms with Crippen molar-refractivity contribution in [1.29, 1.82) is 0 Å². The summed E-state index contributed by atoms with van der Waals surface area (Å²) >= 11 is 1.62. The van der Waals surface area contributed by atoms with Gasteiger partial charge < -0.3 is 14.6 Å². The smallest absolute Gasteiger partial charge is 0.264 e. The number of carbonyl (C=O) groups is 1. The molecule has 5 rings (SSSR count). The van der Waals surface area contributed by atoms with Crippen molar-refractivity contribution in [2.75, 3.05) is 39.4 Å². The Morgan fingerprint density at radius 1 is 1.19 bits per heavy atom. The minimum atomic E-state index is 0.145. The van der Waals surface area contributed by atoms with Crippen molar-refractivity contribution in [3.63, 3.8) is 0 Å². The molecule has 164 valence electrons. The number of hydrogen-bond acceptors (Lipinski definition) is 5. The zero-order valence-electron chi connectivity index (χ0n) is 18.7. The molecule has 0 unspecified atom stereocenters. The Kier molecular flexibility index (Phi) is 5.36. The summed E-state index contributed by atoms with van der Waals surface area (Å²) in [6, 6.07) is 6.63. The van der Waals surface area contributed by atoms with E-state index in [1.807, 2.05) is 24.8 Å². The molecule has 0 spiro atoms. The lowest BCUT2D eigenvalue weighted by molar-refractivity contribution is -0.0394. The number of carbonyl (C=O) groups excluding carboxylic acids is 1. The lowest BCUT2D eigenvalue weighted by Crippen LogP contribution is -2.59. The van der Waals surface area contributed by atoms with Crippen molar-refractivity contribution in [2.45, 2.75) is 39.7 Å². The molecule has 0 aromatic carbocycles. The topological polar surface area (TPSA) is 61.5 Å². The second kappa shape index (κ2) is 8.04. The summed E-state index contributed by atoms with van der Waals surface area (Å²) in [5.41, 5.74) is 6.69. The fourth-order valence-electron chi connectivity index (χ4n) is 4.95. The number of nitrogens with one attached hydrogen (secondary N) is 1. The number of fused-ring (bicyclic) bond motifs is 2. The first-order valence-corrected chi connectivity index (χ1v) is 11.9. The van der Waals surface area contributed by atoms with Crippen molar-refractivity contribution in [1.82, 2.24) is 19.8 Å². The van der Waals surface area contributed by atoms with Crippen LogP contribution in [0.2, 0.25) is 0 Å². The van der Waals surface area contributed by atoms with Crippen LogP contribution in [0.3, 0.4) is 0 Å². The summed E-state index contributed by atoms with van der Waals surface area (Å²) in [6.07, 6.45) is 0. The van der Waals surface area contributed by atoms with Crippen LogP contribution in [0.25, 0.3) is 21.5 Å². The number of aryl methyl sites for hydroxylation is 2. The Morgan fingerprint density at radius 3 is 2.71 bits per heavy atom. The van der Waals surface area contributed by atoms with Gasteiger partial charge in [-0.25, -0.2) is 0 Å². The van der Waals surface area contributed by atoms with E-state index in [0.29, 0.717) is 12.0 Å². The first kappa shape index (κ1) is 20.7. The van der Waals surface area contributed by atoms with Crippen LogP contribution < -0.4 is 0 Å². The molecular weight excluding hydrogens is 408 g/mol. The summed E-state index contributed by atoms with van der Waals surface area (Å²) in [5, 5.41) is 0. The van der Waals surface area contributed by atoms with E-state index in [0.717, 1.165) is 66.9 Å². The third-order valence-electron chi connectivity index (χ3n) is 6.39. The molecule has 5 heterocycles. The van der Waals surface area contributed by atoms with E-state index in [1.165, 1.54) is 15.8 Å². The Bertz CT molecular complexity index is 1110. The van der Waals surface area contributed by atoms with E-state index in [2.05, 4.69) is 40.8 Å². The SMILES string of the molecule is Cc1cc(-c2[nH]c3cc(C(=O)N4CCN5CCOC[C@@H]5C4)sc3c2C(C)C)cc(C)n1. The van der Waals surface area contributed by atoms with Crippen LogP contribution in [0.1, 0.15) is 46.4 Å². The number of amides is 1. The molecule has 0 bridgehead atoms. The van der Waals surface area contributed by atoms with Crippen LogP contribution in [0.15, 0.2) is 18.2 Å². The molecule has 3 aromatic rings. The minimum absolute atomic E-state index is 0.145. The Balaban J connectivity index is 1.47. The van der Waals surface area contributed by atoms with Gasteiger partial charge in [-0.3, -0.25) is 14.7 Å². The van der Waals surface area contributed by atoms with Gasteiger partial charge in [0, 0.05) is 43.1 Å².